The number of hydrogen-bond acceptors (Lipinski definition) is 3. The highest BCUT2D eigenvalue weighted by molar-refractivity contribution is 5.81. The largest absolute Gasteiger partial charge is 0.355 e. The van der Waals surface area contributed by atoms with Crippen LogP contribution >= 0.6 is 0 Å². The molecule has 1 saturated heterocycles. The van der Waals surface area contributed by atoms with Crippen molar-refractivity contribution < 1.29 is 9.59 Å². The highest BCUT2D eigenvalue weighted by Crippen LogP contribution is 2.18. The number of benzene rings is 1. The van der Waals surface area contributed by atoms with Crippen molar-refractivity contribution in [2.45, 2.75) is 32.1 Å². The van der Waals surface area contributed by atoms with Crippen LogP contribution in [0.2, 0.25) is 0 Å². The third-order valence-corrected chi connectivity index (χ3v) is 4.29. The molecule has 1 unspecified atom stereocenters. The van der Waals surface area contributed by atoms with Gasteiger partial charge in [0.15, 0.2) is 0 Å². The minimum absolute atomic E-state index is 0.0252. The molecule has 1 aromatic carbocycles. The third kappa shape index (κ3) is 5.67. The molecule has 23 heavy (non-hydrogen) atoms. The van der Waals surface area contributed by atoms with Gasteiger partial charge in [0.2, 0.25) is 11.8 Å². The summed E-state index contributed by atoms with van der Waals surface area (Å²) in [5, 5.41) is 2.82. The lowest BCUT2D eigenvalue weighted by Crippen LogP contribution is -2.46. The topological polar surface area (TPSA) is 75.4 Å². The molecule has 1 aliphatic heterocycles. The number of carbonyl (C=O) groups is 2. The van der Waals surface area contributed by atoms with E-state index in [-0.39, 0.29) is 17.7 Å². The van der Waals surface area contributed by atoms with Crippen molar-refractivity contribution >= 4 is 11.8 Å². The van der Waals surface area contributed by atoms with Crippen LogP contribution in [0.5, 0.6) is 0 Å². The van der Waals surface area contributed by atoms with Gasteiger partial charge >= 0.3 is 0 Å². The Balaban J connectivity index is 1.74. The molecule has 3 N–H and O–H groups in total. The van der Waals surface area contributed by atoms with Crippen molar-refractivity contribution in [3.05, 3.63) is 35.9 Å². The number of nitrogens with one attached hydrogen (secondary N) is 1. The molecule has 1 heterocycles. The van der Waals surface area contributed by atoms with Gasteiger partial charge in [-0.3, -0.25) is 9.59 Å². The van der Waals surface area contributed by atoms with Gasteiger partial charge in [0.1, 0.15) is 0 Å². The van der Waals surface area contributed by atoms with Crippen molar-refractivity contribution in [2.75, 3.05) is 26.2 Å². The molecule has 1 aliphatic rings. The number of hydrogen-bond donors (Lipinski definition) is 2. The maximum Gasteiger partial charge on any atom is 0.224 e. The van der Waals surface area contributed by atoms with E-state index in [4.69, 9.17) is 5.73 Å². The molecule has 1 fully saturated rings. The normalized spacial score (nSPS) is 17.8. The first kappa shape index (κ1) is 17.5. The first-order chi connectivity index (χ1) is 11.2. The zero-order valence-corrected chi connectivity index (χ0v) is 13.7. The molecule has 2 rings (SSSR count). The molecule has 5 heteroatoms. The van der Waals surface area contributed by atoms with E-state index in [1.54, 1.807) is 0 Å². The number of likely N-dealkylation sites (tertiary alicyclic amines) is 1. The highest BCUT2D eigenvalue weighted by Gasteiger charge is 2.27. The summed E-state index contributed by atoms with van der Waals surface area (Å²) in [6, 6.07) is 10.2. The molecule has 0 aliphatic carbocycles. The minimum atomic E-state index is -0.0895. The number of rotatable bonds is 7. The Bertz CT molecular complexity index is 504. The lowest BCUT2D eigenvalue weighted by atomic mass is 9.96. The number of nitrogens with two attached hydrogens (primary N) is 1. The van der Waals surface area contributed by atoms with Gasteiger partial charge in [-0.2, -0.15) is 0 Å². The van der Waals surface area contributed by atoms with E-state index in [0.29, 0.717) is 26.1 Å². The Labute approximate surface area is 138 Å². The van der Waals surface area contributed by atoms with Crippen LogP contribution in [0.3, 0.4) is 0 Å². The van der Waals surface area contributed by atoms with Gasteiger partial charge in [0.25, 0.3) is 0 Å². The SMILES string of the molecule is NCCNC(=O)C1CCCN(C(=O)CCCc2ccccc2)C1. The standard InChI is InChI=1S/C18H27N3O2/c19-11-12-20-18(23)16-9-5-13-21(14-16)17(22)10-4-8-15-6-2-1-3-7-15/h1-3,6-7,16H,4-5,8-14,19H2,(H,20,23). The highest BCUT2D eigenvalue weighted by atomic mass is 16.2. The third-order valence-electron chi connectivity index (χ3n) is 4.29. The zero-order chi connectivity index (χ0) is 16.5. The quantitative estimate of drug-likeness (QED) is 0.796. The van der Waals surface area contributed by atoms with Crippen LogP contribution in [0.15, 0.2) is 30.3 Å². The van der Waals surface area contributed by atoms with Gasteiger partial charge in [0, 0.05) is 32.6 Å². The smallest absolute Gasteiger partial charge is 0.224 e. The fraction of sp³-hybridized carbons (Fsp3) is 0.556. The molecule has 5 nitrogen and oxygen atoms in total. The number of piperidine rings is 1. The van der Waals surface area contributed by atoms with E-state index in [2.05, 4.69) is 17.4 Å². The van der Waals surface area contributed by atoms with Crippen LogP contribution in [0.4, 0.5) is 0 Å². The molecule has 1 atom stereocenters. The predicted octanol–water partition coefficient (Wildman–Crippen LogP) is 1.32. The lowest BCUT2D eigenvalue weighted by molar-refractivity contribution is -0.135. The summed E-state index contributed by atoms with van der Waals surface area (Å²) in [6.07, 6.45) is 4.06. The molecular weight excluding hydrogens is 290 g/mol. The summed E-state index contributed by atoms with van der Waals surface area (Å²) in [5.74, 6) is 0.0999. The lowest BCUT2D eigenvalue weighted by Gasteiger charge is -2.32. The average Bonchev–Trinajstić information content (AvgIpc) is 2.60. The summed E-state index contributed by atoms with van der Waals surface area (Å²) < 4.78 is 0. The zero-order valence-electron chi connectivity index (χ0n) is 13.7. The summed E-state index contributed by atoms with van der Waals surface area (Å²) in [5.41, 5.74) is 6.67. The summed E-state index contributed by atoms with van der Waals surface area (Å²) in [7, 11) is 0. The van der Waals surface area contributed by atoms with E-state index in [0.717, 1.165) is 32.2 Å². The van der Waals surface area contributed by atoms with Gasteiger partial charge in [-0.25, -0.2) is 0 Å². The second kappa shape index (κ2) is 9.30. The van der Waals surface area contributed by atoms with Crippen molar-refractivity contribution in [1.82, 2.24) is 10.2 Å². The molecule has 0 bridgehead atoms. The molecular formula is C18H27N3O2. The van der Waals surface area contributed by atoms with Crippen LogP contribution in [0.1, 0.15) is 31.2 Å². The fourth-order valence-electron chi connectivity index (χ4n) is 3.00. The van der Waals surface area contributed by atoms with Crippen LogP contribution < -0.4 is 11.1 Å². The van der Waals surface area contributed by atoms with Crippen LogP contribution in [-0.2, 0) is 16.0 Å². The molecule has 1 aromatic rings. The Morgan fingerprint density at radius 1 is 1.26 bits per heavy atom. The molecule has 0 radical (unpaired) electrons. The number of aryl methyl sites for hydroxylation is 1. The Hall–Kier alpha value is -1.88. The van der Waals surface area contributed by atoms with Gasteiger partial charge in [-0.15, -0.1) is 0 Å². The van der Waals surface area contributed by atoms with Crippen molar-refractivity contribution in [2.24, 2.45) is 11.7 Å². The molecule has 2 amide bonds. The molecule has 0 spiro atoms. The van der Waals surface area contributed by atoms with E-state index in [9.17, 15) is 9.59 Å². The maximum atomic E-state index is 12.3. The second-order valence-corrected chi connectivity index (χ2v) is 6.10. The molecule has 0 aromatic heterocycles. The number of nitrogens with zero attached hydrogens (tertiary/aromatic N) is 1. The summed E-state index contributed by atoms with van der Waals surface area (Å²) in [4.78, 5) is 26.2. The van der Waals surface area contributed by atoms with Gasteiger partial charge in [-0.05, 0) is 31.2 Å². The van der Waals surface area contributed by atoms with Gasteiger partial charge in [-0.1, -0.05) is 30.3 Å². The van der Waals surface area contributed by atoms with E-state index >= 15 is 0 Å². The number of amides is 2. The van der Waals surface area contributed by atoms with Crippen LogP contribution in [0, 0.1) is 5.92 Å². The molecule has 126 valence electrons. The number of carbonyl (C=O) groups excluding carboxylic acids is 2. The van der Waals surface area contributed by atoms with Gasteiger partial charge in [0.05, 0.1) is 5.92 Å². The monoisotopic (exact) mass is 317 g/mol. The molecule has 0 saturated carbocycles. The predicted molar refractivity (Wildman–Crippen MR) is 90.7 cm³/mol. The van der Waals surface area contributed by atoms with E-state index in [1.165, 1.54) is 5.56 Å². The van der Waals surface area contributed by atoms with Crippen molar-refractivity contribution in [3.8, 4) is 0 Å². The van der Waals surface area contributed by atoms with Crippen LogP contribution in [-0.4, -0.2) is 42.9 Å². The first-order valence-corrected chi connectivity index (χ1v) is 8.50. The van der Waals surface area contributed by atoms with E-state index in [1.807, 2.05) is 23.1 Å². The Kier molecular flexibility index (Phi) is 7.07. The Morgan fingerprint density at radius 3 is 2.78 bits per heavy atom. The minimum Gasteiger partial charge on any atom is -0.355 e. The van der Waals surface area contributed by atoms with E-state index < -0.39 is 0 Å². The van der Waals surface area contributed by atoms with Gasteiger partial charge < -0.3 is 16.0 Å². The van der Waals surface area contributed by atoms with Crippen LogP contribution in [0.25, 0.3) is 0 Å². The average molecular weight is 317 g/mol. The Morgan fingerprint density at radius 2 is 2.04 bits per heavy atom. The first-order valence-electron chi connectivity index (χ1n) is 8.50. The summed E-state index contributed by atoms with van der Waals surface area (Å²) in [6.45, 7) is 2.26. The van der Waals surface area contributed by atoms with Crippen molar-refractivity contribution in [3.63, 3.8) is 0 Å². The summed E-state index contributed by atoms with van der Waals surface area (Å²) >= 11 is 0. The second-order valence-electron chi connectivity index (χ2n) is 6.10. The fourth-order valence-corrected chi connectivity index (χ4v) is 3.00. The maximum absolute atomic E-state index is 12.3. The van der Waals surface area contributed by atoms with Crippen molar-refractivity contribution in [1.29, 1.82) is 0 Å².